The zero-order chi connectivity index (χ0) is 5.86. The molecule has 0 saturated heterocycles. The molecular weight excluding hydrogens is 178 g/mol. The molecule has 0 aliphatic carbocycles. The van der Waals surface area contributed by atoms with Gasteiger partial charge in [-0.05, 0) is 0 Å². The Bertz CT molecular complexity index is 90.2. The number of guanidine groups is 1. The van der Waals surface area contributed by atoms with Gasteiger partial charge < -0.3 is 22.2 Å². The number of hydrogen-bond acceptors (Lipinski definition) is 2. The van der Waals surface area contributed by atoms with Crippen LogP contribution in [0.15, 0.2) is 0 Å². The van der Waals surface area contributed by atoms with Gasteiger partial charge in [-0.3, -0.25) is 0 Å². The normalized spacial score (nSPS) is 6.50. The van der Waals surface area contributed by atoms with Crippen LogP contribution in [0.1, 0.15) is 0 Å². The number of nitrogens with one attached hydrogen (secondary N) is 1. The van der Waals surface area contributed by atoms with E-state index in [0.717, 1.165) is 0 Å². The van der Waals surface area contributed by atoms with Crippen LogP contribution in [0.3, 0.4) is 0 Å². The number of hydrogen-bond donors (Lipinski definition) is 3. The van der Waals surface area contributed by atoms with E-state index in [-0.39, 0.29) is 30.5 Å². The van der Waals surface area contributed by atoms with Crippen molar-refractivity contribution in [2.45, 2.75) is 0 Å². The summed E-state index contributed by atoms with van der Waals surface area (Å²) < 4.78 is 0. The molecule has 42 valence electrons. The summed E-state index contributed by atoms with van der Waals surface area (Å²) in [5.74, 6) is -0.354. The minimum Gasteiger partial charge on any atom is -0.432 e. The molecule has 0 aromatic rings. The smallest absolute Gasteiger partial charge is 0.0941 e. The van der Waals surface area contributed by atoms with E-state index in [0.29, 0.717) is 0 Å². The molecule has 0 rings (SSSR count). The molecule has 0 heterocycles. The number of nitrogens with zero attached hydrogens (tertiary/aromatic N) is 1. The van der Waals surface area contributed by atoms with Gasteiger partial charge in [0.05, 0.1) is 11.1 Å². The number of nitrogens with two attached hydrogens (primary N) is 2. The summed E-state index contributed by atoms with van der Waals surface area (Å²) in [6.07, 6.45) is 0. The van der Waals surface area contributed by atoms with Gasteiger partial charge >= 0.3 is 0 Å². The Balaban J connectivity index is 0. The third-order valence-electron chi connectivity index (χ3n) is 0.231. The molecule has 0 unspecified atom stereocenters. The van der Waals surface area contributed by atoms with E-state index in [1.165, 1.54) is 0 Å². The van der Waals surface area contributed by atoms with Gasteiger partial charge in [-0.15, -0.1) is 0 Å². The Hall–Kier alpha value is -0.217. The first-order valence-corrected chi connectivity index (χ1v) is 1.89. The van der Waals surface area contributed by atoms with Gasteiger partial charge in [-0.2, -0.15) is 0 Å². The zero-order valence-corrected chi connectivity index (χ0v) is 8.00. The second kappa shape index (κ2) is 4.93. The molecule has 0 aromatic heterocycles. The first-order chi connectivity index (χ1) is 3.13. The van der Waals surface area contributed by atoms with Crippen LogP contribution in [0.25, 0.3) is 5.32 Å². The number of rotatable bonds is 0. The van der Waals surface area contributed by atoms with E-state index in [9.17, 15) is 0 Å². The molecule has 0 bridgehead atoms. The molecule has 6 heteroatoms. The monoisotopic (exact) mass is 181 g/mol. The van der Waals surface area contributed by atoms with Crippen molar-refractivity contribution in [1.29, 1.82) is 5.41 Å². The predicted molar refractivity (Wildman–Crippen MR) is 32.1 cm³/mol. The van der Waals surface area contributed by atoms with Crippen molar-refractivity contribution in [3.05, 3.63) is 5.32 Å². The fraction of sp³-hybridized carbons (Fsp3) is 0. The molecule has 0 saturated carbocycles. The van der Waals surface area contributed by atoms with Crippen LogP contribution in [0.2, 0.25) is 0 Å². The van der Waals surface area contributed by atoms with Crippen molar-refractivity contribution in [1.82, 2.24) is 0 Å². The molecule has 0 amide bonds. The van der Waals surface area contributed by atoms with E-state index < -0.39 is 0 Å². The van der Waals surface area contributed by atoms with Gasteiger partial charge in [0.1, 0.15) is 0 Å². The van der Waals surface area contributed by atoms with Crippen LogP contribution in [0, 0.1) is 5.41 Å². The zero-order valence-electron chi connectivity index (χ0n) is 4.22. The summed E-state index contributed by atoms with van der Waals surface area (Å²) in [5.41, 5.74) is 9.58. The van der Waals surface area contributed by atoms with Gasteiger partial charge in [0.15, 0.2) is 0 Å². The predicted octanol–water partition coefficient (Wildman–Crippen LogP) is -0.505. The third kappa shape index (κ3) is 9.24. The molecule has 0 radical (unpaired) electrons. The molecule has 0 aromatic carbocycles. The first-order valence-electron chi connectivity index (χ1n) is 1.48. The second-order valence-corrected chi connectivity index (χ2v) is 1.25. The average molecular weight is 183 g/mol. The fourth-order valence-corrected chi connectivity index (χ4v) is 0.217. The summed E-state index contributed by atoms with van der Waals surface area (Å²) in [6.45, 7) is 0. The van der Waals surface area contributed by atoms with Crippen molar-refractivity contribution in [2.75, 3.05) is 0 Å². The molecule has 8 heavy (non-hydrogen) atoms. The van der Waals surface area contributed by atoms with Crippen molar-refractivity contribution >= 4 is 23.3 Å². The van der Waals surface area contributed by atoms with Crippen molar-refractivity contribution in [3.63, 3.8) is 0 Å². The average Bonchev–Trinajstić information content (AvgIpc) is 1.27. The maximum atomic E-state index is 6.47. The van der Waals surface area contributed by atoms with Crippen LogP contribution < -0.4 is 11.5 Å². The van der Waals surface area contributed by atoms with Gasteiger partial charge in [0, 0.05) is 19.5 Å². The summed E-state index contributed by atoms with van der Waals surface area (Å²) >= 11 is 4.26. The third-order valence-corrected chi connectivity index (χ3v) is 0.322. The molecule has 0 aliphatic rings. The summed E-state index contributed by atoms with van der Waals surface area (Å²) in [4.78, 5) is 0. The van der Waals surface area contributed by atoms with E-state index in [4.69, 9.17) is 16.9 Å². The molecule has 4 nitrogen and oxygen atoms in total. The molecular formula is C2H5N4SZn-. The van der Waals surface area contributed by atoms with Crippen LogP contribution in [-0.4, -0.2) is 11.1 Å². The van der Waals surface area contributed by atoms with Gasteiger partial charge in [-0.25, -0.2) is 0 Å². The van der Waals surface area contributed by atoms with E-state index in [2.05, 4.69) is 17.5 Å². The van der Waals surface area contributed by atoms with Crippen LogP contribution in [0.5, 0.6) is 0 Å². The number of thiocarbonyl (C=S) groups is 1. The van der Waals surface area contributed by atoms with Crippen LogP contribution in [0.4, 0.5) is 0 Å². The van der Waals surface area contributed by atoms with E-state index in [1.54, 1.807) is 0 Å². The summed E-state index contributed by atoms with van der Waals surface area (Å²) in [7, 11) is 0. The Kier molecular flexibility index (Phi) is 6.60. The molecule has 0 aliphatic heterocycles. The second-order valence-electron chi connectivity index (χ2n) is 0.835. The summed E-state index contributed by atoms with van der Waals surface area (Å²) in [5, 5.41) is 9.51. The molecule has 5 N–H and O–H groups in total. The molecule has 0 fully saturated rings. The van der Waals surface area contributed by atoms with E-state index >= 15 is 0 Å². The van der Waals surface area contributed by atoms with Crippen LogP contribution in [-0.2, 0) is 19.5 Å². The van der Waals surface area contributed by atoms with Crippen molar-refractivity contribution in [2.24, 2.45) is 11.5 Å². The minimum absolute atomic E-state index is 0. The fourth-order valence-electron chi connectivity index (χ4n) is 0.119. The minimum atomic E-state index is -0.354. The molecule has 0 spiro atoms. The van der Waals surface area contributed by atoms with Crippen molar-refractivity contribution in [3.8, 4) is 0 Å². The Labute approximate surface area is 65.3 Å². The van der Waals surface area contributed by atoms with Crippen LogP contribution >= 0.6 is 12.2 Å². The SMILES string of the molecule is N=C(N)[N-]C(N)=S.[Zn]. The first kappa shape index (κ1) is 10.7. The summed E-state index contributed by atoms with van der Waals surface area (Å²) in [6, 6.07) is 0. The van der Waals surface area contributed by atoms with Crippen molar-refractivity contribution < 1.29 is 19.5 Å². The largest absolute Gasteiger partial charge is 0.432 e. The van der Waals surface area contributed by atoms with Gasteiger partial charge in [0.25, 0.3) is 0 Å². The quantitative estimate of drug-likeness (QED) is 0.204. The Morgan fingerprint density at radius 1 is 1.50 bits per heavy atom. The standard InChI is InChI=1S/C2H6N4S.Zn/c3-1(4)6-2(5)7;/h(H6,3,4,5,6,7);/p-1. The van der Waals surface area contributed by atoms with E-state index in [1.807, 2.05) is 0 Å². The Morgan fingerprint density at radius 3 is 1.88 bits per heavy atom. The topological polar surface area (TPSA) is 90.0 Å². The van der Waals surface area contributed by atoms with Gasteiger partial charge in [-0.1, -0.05) is 12.2 Å². The molecule has 0 atom stereocenters. The maximum Gasteiger partial charge on any atom is 0.0941 e. The Morgan fingerprint density at radius 2 is 1.88 bits per heavy atom. The maximum absolute atomic E-state index is 6.47. The van der Waals surface area contributed by atoms with Gasteiger partial charge in [0.2, 0.25) is 0 Å².